The quantitative estimate of drug-likeness (QED) is 0.208. The number of nitriles is 1. The lowest BCUT2D eigenvalue weighted by atomic mass is 10.1. The zero-order valence-electron chi connectivity index (χ0n) is 19.7. The van der Waals surface area contributed by atoms with Gasteiger partial charge in [0.15, 0.2) is 5.11 Å². The molecular formula is C29H18N4O4S. The summed E-state index contributed by atoms with van der Waals surface area (Å²) in [4.78, 5) is 31.4. The SMILES string of the molecule is N#Cc1ccc(Oc2ccc(/C=C3/C(=O)NC(=S)N(c4ccc(Oc5ccccc5)cc4)C3=O)cn2)cc1. The van der Waals surface area contributed by atoms with Gasteiger partial charge in [0, 0.05) is 12.3 Å². The van der Waals surface area contributed by atoms with Crippen LogP contribution in [0.5, 0.6) is 23.1 Å². The molecule has 0 radical (unpaired) electrons. The van der Waals surface area contributed by atoms with E-state index in [1.54, 1.807) is 60.7 Å². The topological polar surface area (TPSA) is 105 Å². The van der Waals surface area contributed by atoms with Gasteiger partial charge in [0.2, 0.25) is 5.88 Å². The molecule has 184 valence electrons. The number of ether oxygens (including phenoxy) is 2. The number of carbonyl (C=O) groups is 2. The van der Waals surface area contributed by atoms with E-state index in [-0.39, 0.29) is 10.7 Å². The fourth-order valence-corrected chi connectivity index (χ4v) is 3.88. The Kier molecular flexibility index (Phi) is 6.89. The average Bonchev–Trinajstić information content (AvgIpc) is 2.94. The van der Waals surface area contributed by atoms with Crippen LogP contribution in [0.2, 0.25) is 0 Å². The maximum atomic E-state index is 13.3. The highest BCUT2D eigenvalue weighted by Crippen LogP contribution is 2.27. The first-order valence-electron chi connectivity index (χ1n) is 11.4. The highest BCUT2D eigenvalue weighted by Gasteiger charge is 2.34. The number of carbonyl (C=O) groups excluding carboxylic acids is 2. The van der Waals surface area contributed by atoms with E-state index in [4.69, 9.17) is 27.0 Å². The molecule has 1 fully saturated rings. The molecule has 9 heteroatoms. The van der Waals surface area contributed by atoms with Crippen LogP contribution in [0.15, 0.2) is 103 Å². The van der Waals surface area contributed by atoms with Crippen molar-refractivity contribution < 1.29 is 19.1 Å². The van der Waals surface area contributed by atoms with E-state index in [9.17, 15) is 9.59 Å². The number of benzene rings is 3. The maximum absolute atomic E-state index is 13.3. The first-order chi connectivity index (χ1) is 18.5. The Morgan fingerprint density at radius 2 is 1.50 bits per heavy atom. The number of aromatic nitrogens is 1. The van der Waals surface area contributed by atoms with Gasteiger partial charge in [-0.25, -0.2) is 4.98 Å². The second kappa shape index (κ2) is 10.7. The minimum absolute atomic E-state index is 0.0156. The van der Waals surface area contributed by atoms with Gasteiger partial charge in [0.25, 0.3) is 11.8 Å². The minimum atomic E-state index is -0.599. The molecule has 0 bridgehead atoms. The second-order valence-corrected chi connectivity index (χ2v) is 8.42. The number of thiocarbonyl (C=S) groups is 1. The van der Waals surface area contributed by atoms with Gasteiger partial charge in [-0.3, -0.25) is 19.8 Å². The van der Waals surface area contributed by atoms with E-state index >= 15 is 0 Å². The van der Waals surface area contributed by atoms with E-state index in [1.165, 1.54) is 17.2 Å². The molecule has 1 aliphatic heterocycles. The van der Waals surface area contributed by atoms with Crippen LogP contribution in [0, 0.1) is 11.3 Å². The average molecular weight is 519 g/mol. The molecule has 5 rings (SSSR count). The molecule has 0 saturated carbocycles. The third-order valence-electron chi connectivity index (χ3n) is 5.45. The first kappa shape index (κ1) is 24.4. The molecule has 0 unspecified atom stereocenters. The third-order valence-corrected chi connectivity index (χ3v) is 5.74. The molecule has 0 spiro atoms. The van der Waals surface area contributed by atoms with Crippen LogP contribution in [-0.4, -0.2) is 21.9 Å². The molecule has 3 aromatic carbocycles. The van der Waals surface area contributed by atoms with Gasteiger partial charge in [-0.15, -0.1) is 0 Å². The number of anilines is 1. The van der Waals surface area contributed by atoms with Crippen LogP contribution in [0.3, 0.4) is 0 Å². The molecular weight excluding hydrogens is 500 g/mol. The van der Waals surface area contributed by atoms with Crippen molar-refractivity contribution in [2.24, 2.45) is 0 Å². The van der Waals surface area contributed by atoms with Crippen LogP contribution >= 0.6 is 12.2 Å². The van der Waals surface area contributed by atoms with E-state index in [1.807, 2.05) is 36.4 Å². The summed E-state index contributed by atoms with van der Waals surface area (Å²) in [5.74, 6) is 0.950. The molecule has 1 N–H and O–H groups in total. The summed E-state index contributed by atoms with van der Waals surface area (Å²) in [6.45, 7) is 0. The van der Waals surface area contributed by atoms with Crippen LogP contribution in [-0.2, 0) is 9.59 Å². The molecule has 1 saturated heterocycles. The van der Waals surface area contributed by atoms with E-state index in [0.29, 0.717) is 39.9 Å². The Balaban J connectivity index is 1.32. The molecule has 0 aliphatic carbocycles. The maximum Gasteiger partial charge on any atom is 0.270 e. The molecule has 38 heavy (non-hydrogen) atoms. The fraction of sp³-hybridized carbons (Fsp3) is 0. The Hall–Kier alpha value is -5.33. The number of rotatable bonds is 6. The van der Waals surface area contributed by atoms with Gasteiger partial charge in [-0.05, 0) is 90.6 Å². The number of amides is 2. The number of pyridine rings is 1. The summed E-state index contributed by atoms with van der Waals surface area (Å²) in [7, 11) is 0. The monoisotopic (exact) mass is 518 g/mol. The van der Waals surface area contributed by atoms with Crippen molar-refractivity contribution in [1.82, 2.24) is 10.3 Å². The van der Waals surface area contributed by atoms with Gasteiger partial charge in [0.1, 0.15) is 22.8 Å². The van der Waals surface area contributed by atoms with Crippen LogP contribution < -0.4 is 19.7 Å². The van der Waals surface area contributed by atoms with Crippen molar-refractivity contribution in [3.63, 3.8) is 0 Å². The number of para-hydroxylation sites is 1. The minimum Gasteiger partial charge on any atom is -0.457 e. The molecule has 2 amide bonds. The molecule has 1 aromatic heterocycles. The second-order valence-electron chi connectivity index (χ2n) is 8.03. The zero-order chi connectivity index (χ0) is 26.5. The number of hydrogen-bond acceptors (Lipinski definition) is 7. The predicted molar refractivity (Wildman–Crippen MR) is 145 cm³/mol. The van der Waals surface area contributed by atoms with E-state index in [2.05, 4.69) is 10.3 Å². The van der Waals surface area contributed by atoms with Crippen molar-refractivity contribution in [2.45, 2.75) is 0 Å². The lowest BCUT2D eigenvalue weighted by Gasteiger charge is -2.29. The van der Waals surface area contributed by atoms with Crippen molar-refractivity contribution in [1.29, 1.82) is 5.26 Å². The van der Waals surface area contributed by atoms with Gasteiger partial charge in [-0.2, -0.15) is 5.26 Å². The predicted octanol–water partition coefficient (Wildman–Crippen LogP) is 5.37. The van der Waals surface area contributed by atoms with Crippen molar-refractivity contribution in [3.05, 3.63) is 114 Å². The van der Waals surface area contributed by atoms with Gasteiger partial charge < -0.3 is 9.47 Å². The smallest absolute Gasteiger partial charge is 0.270 e. The highest BCUT2D eigenvalue weighted by atomic mass is 32.1. The van der Waals surface area contributed by atoms with E-state index in [0.717, 1.165) is 0 Å². The van der Waals surface area contributed by atoms with Crippen molar-refractivity contribution >= 4 is 40.9 Å². The molecule has 8 nitrogen and oxygen atoms in total. The standard InChI is InChI=1S/C29H18N4O4S/c30-17-19-6-11-24(12-7-19)37-26-15-8-20(18-31-26)16-25-27(34)32-29(38)33(28(25)35)21-9-13-23(14-10-21)36-22-4-2-1-3-5-22/h1-16,18H,(H,32,34,38)/b25-16-. The Morgan fingerprint density at radius 3 is 2.16 bits per heavy atom. The van der Waals surface area contributed by atoms with Crippen molar-refractivity contribution in [3.8, 4) is 29.2 Å². The van der Waals surface area contributed by atoms with Crippen LogP contribution in [0.25, 0.3) is 6.08 Å². The summed E-state index contributed by atoms with van der Waals surface area (Å²) in [6, 6.07) is 28.1. The van der Waals surface area contributed by atoms with Gasteiger partial charge >= 0.3 is 0 Å². The van der Waals surface area contributed by atoms with E-state index < -0.39 is 11.8 Å². The normalized spacial score (nSPS) is 14.1. The highest BCUT2D eigenvalue weighted by molar-refractivity contribution is 7.80. The Bertz CT molecular complexity index is 1580. The number of nitrogens with one attached hydrogen (secondary N) is 1. The lowest BCUT2D eigenvalue weighted by molar-refractivity contribution is -0.122. The van der Waals surface area contributed by atoms with Gasteiger partial charge in [-0.1, -0.05) is 18.2 Å². The van der Waals surface area contributed by atoms with Gasteiger partial charge in [0.05, 0.1) is 17.3 Å². The zero-order valence-corrected chi connectivity index (χ0v) is 20.5. The Morgan fingerprint density at radius 1 is 0.842 bits per heavy atom. The van der Waals surface area contributed by atoms with Crippen LogP contribution in [0.1, 0.15) is 11.1 Å². The lowest BCUT2D eigenvalue weighted by Crippen LogP contribution is -2.54. The summed E-state index contributed by atoms with van der Waals surface area (Å²) >= 11 is 5.28. The summed E-state index contributed by atoms with van der Waals surface area (Å²) in [6.07, 6.45) is 2.93. The third kappa shape index (κ3) is 5.41. The largest absolute Gasteiger partial charge is 0.457 e. The van der Waals surface area contributed by atoms with Crippen molar-refractivity contribution in [2.75, 3.05) is 4.90 Å². The first-order valence-corrected chi connectivity index (χ1v) is 11.8. The molecule has 4 aromatic rings. The number of nitrogens with zero attached hydrogens (tertiary/aromatic N) is 3. The fourth-order valence-electron chi connectivity index (χ4n) is 3.60. The summed E-state index contributed by atoms with van der Waals surface area (Å²) in [5, 5.41) is 11.5. The summed E-state index contributed by atoms with van der Waals surface area (Å²) < 4.78 is 11.5. The number of hydrogen-bond donors (Lipinski definition) is 1. The molecule has 1 aliphatic rings. The summed E-state index contributed by atoms with van der Waals surface area (Å²) in [5.41, 5.74) is 1.43. The molecule has 0 atom stereocenters. The molecule has 2 heterocycles. The van der Waals surface area contributed by atoms with Crippen LogP contribution in [0.4, 0.5) is 5.69 Å². The Labute approximate surface area is 223 Å².